The number of nitrogens with zero attached hydrogens (tertiary/aromatic N) is 4. The van der Waals surface area contributed by atoms with Gasteiger partial charge in [0.1, 0.15) is 30.8 Å². The summed E-state index contributed by atoms with van der Waals surface area (Å²) in [6.07, 6.45) is 0.167. The van der Waals surface area contributed by atoms with Gasteiger partial charge in [-0.1, -0.05) is 158 Å². The lowest BCUT2D eigenvalue weighted by Gasteiger charge is -2.41. The lowest BCUT2D eigenvalue weighted by atomic mass is 9.89. The summed E-state index contributed by atoms with van der Waals surface area (Å²) in [5.74, 6) is -3.74. The first-order valence-electron chi connectivity index (χ1n) is 28.3. The Morgan fingerprint density at radius 3 is 1.99 bits per heavy atom. The van der Waals surface area contributed by atoms with E-state index in [2.05, 4.69) is 34.9 Å². The Bertz CT molecular complexity index is 2780. The Hall–Kier alpha value is -6.62. The first-order valence-corrected chi connectivity index (χ1v) is 28.3. The highest BCUT2D eigenvalue weighted by Crippen LogP contribution is 2.53. The van der Waals surface area contributed by atoms with Gasteiger partial charge in [-0.25, -0.2) is 9.86 Å². The Kier molecular flexibility index (Phi) is 18.7. The molecule has 2 N–H and O–H groups in total. The van der Waals surface area contributed by atoms with E-state index in [0.717, 1.165) is 38.9 Å². The molecule has 4 aromatic carbocycles. The number of ether oxygens (including phenoxy) is 3. The van der Waals surface area contributed by atoms with E-state index in [4.69, 9.17) is 19.0 Å². The van der Waals surface area contributed by atoms with Crippen LogP contribution >= 0.6 is 0 Å². The lowest BCUT2D eigenvalue weighted by molar-refractivity contribution is -0.204. The third-order valence-corrected chi connectivity index (χ3v) is 17.4. The minimum absolute atomic E-state index is 0.0645. The summed E-state index contributed by atoms with van der Waals surface area (Å²) in [6, 6.07) is 30.7. The van der Waals surface area contributed by atoms with E-state index in [-0.39, 0.29) is 79.4 Å². The number of fused-ring (bicyclic) bond motifs is 4. The van der Waals surface area contributed by atoms with E-state index in [9.17, 15) is 28.8 Å². The zero-order valence-electron chi connectivity index (χ0n) is 48.0. The van der Waals surface area contributed by atoms with E-state index in [1.54, 1.807) is 37.9 Å². The topological polar surface area (TPSA) is 176 Å². The monoisotopic (exact) mass is 1080 g/mol. The van der Waals surface area contributed by atoms with Crippen molar-refractivity contribution < 1.29 is 47.8 Å². The molecule has 2 aliphatic carbocycles. The molecule has 7 unspecified atom stereocenters. The minimum atomic E-state index is -1.24. The molecule has 16 heteroatoms. The smallest absolute Gasteiger partial charge is 0.410 e. The van der Waals surface area contributed by atoms with E-state index in [0.29, 0.717) is 32.2 Å². The van der Waals surface area contributed by atoms with Crippen LogP contribution in [0.25, 0.3) is 11.1 Å². The van der Waals surface area contributed by atoms with Crippen molar-refractivity contribution >= 4 is 35.6 Å². The van der Waals surface area contributed by atoms with Gasteiger partial charge in [-0.2, -0.15) is 0 Å². The number of likely N-dealkylation sites (N-methyl/N-ethyl adjacent to an activating group) is 2. The second-order valence-electron chi connectivity index (χ2n) is 22.9. The van der Waals surface area contributed by atoms with Gasteiger partial charge >= 0.3 is 6.09 Å². The molecule has 0 bridgehead atoms. The van der Waals surface area contributed by atoms with Crippen LogP contribution in [0.5, 0.6) is 0 Å². The van der Waals surface area contributed by atoms with E-state index in [1.807, 2.05) is 120 Å². The molecule has 1 saturated carbocycles. The van der Waals surface area contributed by atoms with Gasteiger partial charge in [-0.05, 0) is 76.0 Å². The minimum Gasteiger partial charge on any atom is -0.448 e. The number of hydrogen-bond donors (Lipinski definition) is 2. The van der Waals surface area contributed by atoms with Crippen molar-refractivity contribution in [3.8, 4) is 11.1 Å². The molecule has 2 fully saturated rings. The molecule has 1 saturated heterocycles. The fourth-order valence-corrected chi connectivity index (χ4v) is 12.7. The van der Waals surface area contributed by atoms with Gasteiger partial charge in [0.15, 0.2) is 0 Å². The summed E-state index contributed by atoms with van der Waals surface area (Å²) in [5.41, 5.74) is 6.07. The predicted molar refractivity (Wildman–Crippen MR) is 301 cm³/mol. The zero-order chi connectivity index (χ0) is 56.9. The van der Waals surface area contributed by atoms with Crippen molar-refractivity contribution in [1.82, 2.24) is 30.4 Å². The fraction of sp³-hybridized carbons (Fsp3) is 0.524. The predicted octanol–water partition coefficient (Wildman–Crippen LogP) is 8.47. The first kappa shape index (κ1) is 58.5. The molecule has 0 spiro atoms. The van der Waals surface area contributed by atoms with Crippen LogP contribution in [0, 0.1) is 23.7 Å². The molecular weight excluding hydrogens is 1000 g/mol. The third kappa shape index (κ3) is 12.1. The Balaban J connectivity index is 0.923. The quantitative estimate of drug-likeness (QED) is 0.0777. The number of methoxy groups -OCH3 is 2. The third-order valence-electron chi connectivity index (χ3n) is 17.4. The first-order chi connectivity index (χ1) is 37.9. The van der Waals surface area contributed by atoms with Crippen molar-refractivity contribution in [3.63, 3.8) is 0 Å². The van der Waals surface area contributed by atoms with Crippen molar-refractivity contribution in [3.05, 3.63) is 131 Å². The van der Waals surface area contributed by atoms with Crippen molar-refractivity contribution in [1.29, 1.82) is 0 Å². The van der Waals surface area contributed by atoms with Gasteiger partial charge in [-0.15, -0.1) is 0 Å². The number of benzene rings is 4. The summed E-state index contributed by atoms with van der Waals surface area (Å²) in [7, 11) is 6.32. The van der Waals surface area contributed by atoms with Gasteiger partial charge in [0.25, 0.3) is 5.91 Å². The maximum atomic E-state index is 14.9. The molecule has 8 rings (SSSR count). The van der Waals surface area contributed by atoms with Crippen LogP contribution in [0.3, 0.4) is 0 Å². The maximum absolute atomic E-state index is 14.9. The van der Waals surface area contributed by atoms with Gasteiger partial charge in [-0.3, -0.25) is 33.7 Å². The number of hydroxylamine groups is 2. The number of likely N-dealkylation sites (tertiary alicyclic amines) is 1. The van der Waals surface area contributed by atoms with Gasteiger partial charge in [0.05, 0.1) is 43.2 Å². The molecule has 0 radical (unpaired) electrons. The largest absolute Gasteiger partial charge is 0.448 e. The van der Waals surface area contributed by atoms with Crippen LogP contribution in [0.4, 0.5) is 4.79 Å². The van der Waals surface area contributed by atoms with Gasteiger partial charge < -0.3 is 34.6 Å². The number of amides is 6. The number of hydrogen-bond acceptors (Lipinski definition) is 10. The molecular formula is C63H82N6O10. The molecule has 16 nitrogen and oxygen atoms in total. The van der Waals surface area contributed by atoms with Gasteiger partial charge in [0.2, 0.25) is 23.6 Å². The Labute approximate surface area is 466 Å². The highest BCUT2D eigenvalue weighted by atomic mass is 16.7. The molecule has 0 aromatic heterocycles. The summed E-state index contributed by atoms with van der Waals surface area (Å²) in [6.45, 7) is 14.3. The van der Waals surface area contributed by atoms with Gasteiger partial charge in [0, 0.05) is 46.7 Å². The van der Waals surface area contributed by atoms with Crippen LogP contribution < -0.4 is 10.6 Å². The van der Waals surface area contributed by atoms with E-state index in [1.165, 1.54) is 17.1 Å². The van der Waals surface area contributed by atoms with Crippen LogP contribution in [0.1, 0.15) is 120 Å². The van der Waals surface area contributed by atoms with Crippen LogP contribution in [-0.4, -0.2) is 139 Å². The lowest BCUT2D eigenvalue weighted by Crippen LogP contribution is -2.60. The normalized spacial score (nSPS) is 21.1. The number of carbonyl (C=O) groups excluding carboxylic acids is 6. The SMILES string of the molecule is CCC(C)C(C(CC(=O)N1CCC[C@H]1C(OC)C(C)C(=O)N[C@@]1(C(=O)N2Cc3ccccc3CO2)C[C@@H]1c1ccccc1)OC)N(C)C(=O)C(NC(=O)C(C(C)C)N(C)C(=O)OCC1c2ccccc2-c2ccccc21)C(C)C. The van der Waals surface area contributed by atoms with E-state index < -0.39 is 59.8 Å². The molecule has 10 atom stereocenters. The highest BCUT2D eigenvalue weighted by molar-refractivity contribution is 5.96. The molecule has 6 amide bonds. The summed E-state index contributed by atoms with van der Waals surface area (Å²) in [4.78, 5) is 97.7. The molecule has 2 heterocycles. The Morgan fingerprint density at radius 2 is 1.38 bits per heavy atom. The average Bonchev–Trinajstić information content (AvgIpc) is 3.66. The number of carbonyl (C=O) groups is 6. The van der Waals surface area contributed by atoms with Crippen LogP contribution in [-0.2, 0) is 56.2 Å². The second-order valence-corrected chi connectivity index (χ2v) is 22.9. The zero-order valence-corrected chi connectivity index (χ0v) is 48.0. The second kappa shape index (κ2) is 25.2. The van der Waals surface area contributed by atoms with Crippen molar-refractivity contribution in [2.24, 2.45) is 23.7 Å². The average molecular weight is 1080 g/mol. The van der Waals surface area contributed by atoms with Crippen molar-refractivity contribution in [2.45, 2.75) is 147 Å². The van der Waals surface area contributed by atoms with Crippen molar-refractivity contribution in [2.75, 3.05) is 41.5 Å². The number of nitrogens with one attached hydrogen (secondary N) is 2. The standard InChI is InChI=1S/C63H82N6O10/c1-12-40(6)56(66(8)60(73)54(38(2)3)64-59(72)55(39(4)5)67(9)62(75)78-37-49-47-29-20-18-27-45(47)46-28-19-21-30-48(46)49)52(76-10)33-53(70)68-32-22-31-51(68)57(77-11)41(7)58(71)65-63(34-50(63)42-23-14-13-15-24-42)61(74)69-35-43-25-16-17-26-44(43)36-79-69/h13-21,23-30,38-41,49-52,54-57H,12,22,31-37H2,1-11H3,(H,64,72)(H,65,71)/t40?,41?,50-,51+,52?,54?,55?,56?,57?,63+/m1/s1. The molecule has 79 heavy (non-hydrogen) atoms. The molecule has 424 valence electrons. The van der Waals surface area contributed by atoms with Crippen LogP contribution in [0.2, 0.25) is 0 Å². The molecule has 4 aromatic rings. The molecule has 4 aliphatic rings. The molecule has 2 aliphatic heterocycles. The highest BCUT2D eigenvalue weighted by Gasteiger charge is 2.64. The Morgan fingerprint density at radius 1 is 0.759 bits per heavy atom. The summed E-state index contributed by atoms with van der Waals surface area (Å²) < 4.78 is 18.3. The maximum Gasteiger partial charge on any atom is 0.410 e. The van der Waals surface area contributed by atoms with Crippen LogP contribution in [0.15, 0.2) is 103 Å². The fourth-order valence-electron chi connectivity index (χ4n) is 12.7. The number of rotatable bonds is 22. The summed E-state index contributed by atoms with van der Waals surface area (Å²) >= 11 is 0. The van der Waals surface area contributed by atoms with E-state index >= 15 is 0 Å². The summed E-state index contributed by atoms with van der Waals surface area (Å²) in [5, 5.41) is 7.59.